The number of likely N-dealkylation sites (tertiary alicyclic amines) is 1. The van der Waals surface area contributed by atoms with Gasteiger partial charge in [0.25, 0.3) is 0 Å². The SMILES string of the molecule is CC1CCCC(C)N1C(=O)CNc1ccc(S(=O)(=O)N2CCCCCC2)cc1. The second-order valence-corrected chi connectivity index (χ2v) is 10.1. The molecule has 2 unspecified atom stereocenters. The van der Waals surface area contributed by atoms with Crippen molar-refractivity contribution < 1.29 is 13.2 Å². The van der Waals surface area contributed by atoms with Crippen LogP contribution in [0.4, 0.5) is 5.69 Å². The highest BCUT2D eigenvalue weighted by molar-refractivity contribution is 7.89. The van der Waals surface area contributed by atoms with Crippen LogP contribution >= 0.6 is 0 Å². The molecule has 1 aromatic carbocycles. The smallest absolute Gasteiger partial charge is 0.243 e. The molecule has 2 saturated heterocycles. The second-order valence-electron chi connectivity index (χ2n) is 8.13. The molecular weight excluding hydrogens is 374 g/mol. The van der Waals surface area contributed by atoms with E-state index in [2.05, 4.69) is 19.2 Å². The lowest BCUT2D eigenvalue weighted by atomic mass is 9.97. The van der Waals surface area contributed by atoms with Gasteiger partial charge in [0.2, 0.25) is 15.9 Å². The van der Waals surface area contributed by atoms with Crippen molar-refractivity contribution in [1.29, 1.82) is 0 Å². The number of nitrogens with zero attached hydrogens (tertiary/aromatic N) is 2. The molecule has 2 atom stereocenters. The Labute approximate surface area is 169 Å². The average Bonchev–Trinajstić information content (AvgIpc) is 2.97. The Balaban J connectivity index is 1.60. The van der Waals surface area contributed by atoms with Gasteiger partial charge in [-0.15, -0.1) is 0 Å². The van der Waals surface area contributed by atoms with Crippen molar-refractivity contribution in [3.05, 3.63) is 24.3 Å². The van der Waals surface area contributed by atoms with E-state index in [1.807, 2.05) is 4.90 Å². The minimum atomic E-state index is -3.43. The first-order chi connectivity index (χ1) is 13.4. The lowest BCUT2D eigenvalue weighted by Gasteiger charge is -2.39. The molecule has 6 nitrogen and oxygen atoms in total. The van der Waals surface area contributed by atoms with Crippen LogP contribution in [0.5, 0.6) is 0 Å². The number of nitrogens with one attached hydrogen (secondary N) is 1. The van der Waals surface area contributed by atoms with Crippen LogP contribution in [0.2, 0.25) is 0 Å². The second kappa shape index (κ2) is 9.27. The number of piperidine rings is 1. The summed E-state index contributed by atoms with van der Waals surface area (Å²) < 4.78 is 27.3. The van der Waals surface area contributed by atoms with E-state index in [-0.39, 0.29) is 24.5 Å². The summed E-state index contributed by atoms with van der Waals surface area (Å²) in [7, 11) is -3.43. The molecule has 1 amide bonds. The summed E-state index contributed by atoms with van der Waals surface area (Å²) in [6.07, 6.45) is 7.32. The van der Waals surface area contributed by atoms with E-state index in [0.29, 0.717) is 18.0 Å². The molecule has 1 N–H and O–H groups in total. The van der Waals surface area contributed by atoms with Crippen molar-refractivity contribution in [3.63, 3.8) is 0 Å². The minimum absolute atomic E-state index is 0.0981. The number of sulfonamides is 1. The molecule has 0 radical (unpaired) electrons. The van der Waals surface area contributed by atoms with Gasteiger partial charge in [-0.2, -0.15) is 4.31 Å². The molecule has 0 aromatic heterocycles. The molecule has 0 bridgehead atoms. The summed E-state index contributed by atoms with van der Waals surface area (Å²) >= 11 is 0. The third-order valence-corrected chi connectivity index (χ3v) is 7.90. The van der Waals surface area contributed by atoms with Gasteiger partial charge < -0.3 is 10.2 Å². The molecule has 1 aromatic rings. The van der Waals surface area contributed by atoms with Crippen LogP contribution in [0.15, 0.2) is 29.2 Å². The van der Waals surface area contributed by atoms with Crippen molar-refractivity contribution >= 4 is 21.6 Å². The quantitative estimate of drug-likeness (QED) is 0.812. The third-order valence-electron chi connectivity index (χ3n) is 5.98. The number of carbonyl (C=O) groups excluding carboxylic acids is 1. The molecule has 2 aliphatic heterocycles. The monoisotopic (exact) mass is 407 g/mol. The minimum Gasteiger partial charge on any atom is -0.376 e. The Hall–Kier alpha value is -1.60. The molecule has 156 valence electrons. The lowest BCUT2D eigenvalue weighted by molar-refractivity contribution is -0.135. The maximum atomic E-state index is 12.8. The van der Waals surface area contributed by atoms with Crippen molar-refractivity contribution in [3.8, 4) is 0 Å². The fourth-order valence-electron chi connectivity index (χ4n) is 4.36. The number of hydrogen-bond donors (Lipinski definition) is 1. The largest absolute Gasteiger partial charge is 0.376 e. The van der Waals surface area contributed by atoms with E-state index in [1.165, 1.54) is 6.42 Å². The zero-order valence-electron chi connectivity index (χ0n) is 17.1. The molecule has 0 spiro atoms. The molecule has 3 rings (SSSR count). The summed E-state index contributed by atoms with van der Waals surface area (Å²) in [5.74, 6) is 0.0981. The number of anilines is 1. The Bertz CT molecular complexity index is 746. The molecule has 7 heteroatoms. The van der Waals surface area contributed by atoms with E-state index in [0.717, 1.165) is 44.2 Å². The fraction of sp³-hybridized carbons (Fsp3) is 0.667. The predicted octanol–water partition coefficient (Wildman–Crippen LogP) is 3.45. The fourth-order valence-corrected chi connectivity index (χ4v) is 5.87. The summed E-state index contributed by atoms with van der Waals surface area (Å²) in [6, 6.07) is 7.33. The third kappa shape index (κ3) is 4.87. The topological polar surface area (TPSA) is 69.7 Å². The Morgan fingerprint density at radius 1 is 0.964 bits per heavy atom. The first kappa shape index (κ1) is 21.1. The maximum Gasteiger partial charge on any atom is 0.243 e. The normalized spacial score (nSPS) is 24.6. The van der Waals surface area contributed by atoms with Gasteiger partial charge in [-0.3, -0.25) is 4.79 Å². The van der Waals surface area contributed by atoms with Crippen LogP contribution in [-0.2, 0) is 14.8 Å². The first-order valence-corrected chi connectivity index (χ1v) is 12.0. The molecule has 28 heavy (non-hydrogen) atoms. The van der Waals surface area contributed by atoms with Gasteiger partial charge >= 0.3 is 0 Å². The first-order valence-electron chi connectivity index (χ1n) is 10.5. The van der Waals surface area contributed by atoms with Gasteiger partial charge in [-0.05, 0) is 70.2 Å². The maximum absolute atomic E-state index is 12.8. The summed E-state index contributed by atoms with van der Waals surface area (Å²) in [6.45, 7) is 5.64. The number of rotatable bonds is 5. The standard InChI is InChI=1S/C21H33N3O3S/c1-17-8-7-9-18(2)24(17)21(25)16-22-19-10-12-20(13-11-19)28(26,27)23-14-5-3-4-6-15-23/h10-13,17-18,22H,3-9,14-16H2,1-2H3. The van der Waals surface area contributed by atoms with Gasteiger partial charge in [-0.1, -0.05) is 12.8 Å². The van der Waals surface area contributed by atoms with Gasteiger partial charge in [0.15, 0.2) is 0 Å². The molecule has 0 aliphatic carbocycles. The van der Waals surface area contributed by atoms with Crippen molar-refractivity contribution in [1.82, 2.24) is 9.21 Å². The Morgan fingerprint density at radius 3 is 2.11 bits per heavy atom. The summed E-state index contributed by atoms with van der Waals surface area (Å²) in [4.78, 5) is 14.9. The highest BCUT2D eigenvalue weighted by atomic mass is 32.2. The van der Waals surface area contributed by atoms with Gasteiger partial charge in [0.1, 0.15) is 0 Å². The number of carbonyl (C=O) groups is 1. The number of benzene rings is 1. The van der Waals surface area contributed by atoms with Crippen LogP contribution in [0.25, 0.3) is 0 Å². The number of amides is 1. The highest BCUT2D eigenvalue weighted by Gasteiger charge is 2.28. The van der Waals surface area contributed by atoms with Gasteiger partial charge in [0, 0.05) is 30.9 Å². The van der Waals surface area contributed by atoms with E-state index in [1.54, 1.807) is 28.6 Å². The molecular formula is C21H33N3O3S. The Kier molecular flexibility index (Phi) is 6.99. The zero-order chi connectivity index (χ0) is 20.1. The highest BCUT2D eigenvalue weighted by Crippen LogP contribution is 2.24. The molecule has 2 heterocycles. The average molecular weight is 408 g/mol. The van der Waals surface area contributed by atoms with Crippen LogP contribution in [0, 0.1) is 0 Å². The molecule has 0 saturated carbocycles. The Morgan fingerprint density at radius 2 is 1.54 bits per heavy atom. The molecule has 2 aliphatic rings. The van der Waals surface area contributed by atoms with E-state index < -0.39 is 10.0 Å². The zero-order valence-corrected chi connectivity index (χ0v) is 17.9. The van der Waals surface area contributed by atoms with Gasteiger partial charge in [0.05, 0.1) is 11.4 Å². The summed E-state index contributed by atoms with van der Waals surface area (Å²) in [5.41, 5.74) is 0.764. The van der Waals surface area contributed by atoms with Crippen molar-refractivity contribution in [2.45, 2.75) is 75.8 Å². The van der Waals surface area contributed by atoms with Crippen molar-refractivity contribution in [2.75, 3.05) is 25.0 Å². The van der Waals surface area contributed by atoms with E-state index in [4.69, 9.17) is 0 Å². The van der Waals surface area contributed by atoms with E-state index in [9.17, 15) is 13.2 Å². The van der Waals surface area contributed by atoms with Crippen molar-refractivity contribution in [2.24, 2.45) is 0 Å². The van der Waals surface area contributed by atoms with Crippen LogP contribution in [0.1, 0.15) is 58.8 Å². The van der Waals surface area contributed by atoms with Crippen LogP contribution in [0.3, 0.4) is 0 Å². The van der Waals surface area contributed by atoms with E-state index >= 15 is 0 Å². The van der Waals surface area contributed by atoms with Crippen LogP contribution < -0.4 is 5.32 Å². The van der Waals surface area contributed by atoms with Gasteiger partial charge in [-0.25, -0.2) is 8.42 Å². The number of hydrogen-bond acceptors (Lipinski definition) is 4. The molecule has 2 fully saturated rings. The summed E-state index contributed by atoms with van der Waals surface area (Å²) in [5, 5.41) is 3.15. The lowest BCUT2D eigenvalue weighted by Crippen LogP contribution is -2.49. The van der Waals surface area contributed by atoms with Crippen LogP contribution in [-0.4, -0.2) is 55.2 Å². The predicted molar refractivity (Wildman–Crippen MR) is 112 cm³/mol.